The molecule has 2 aromatic heterocycles. The van der Waals surface area contributed by atoms with Gasteiger partial charge in [-0.25, -0.2) is 9.97 Å². The second-order valence-corrected chi connectivity index (χ2v) is 3.75. The molecule has 2 rings (SSSR count). The molecule has 0 bridgehead atoms. The van der Waals surface area contributed by atoms with Gasteiger partial charge in [0.2, 0.25) is 0 Å². The van der Waals surface area contributed by atoms with Crippen molar-refractivity contribution in [3.8, 4) is 0 Å². The molecular formula is C8H9N3S. The van der Waals surface area contributed by atoms with Crippen LogP contribution in [0.1, 0.15) is 25.5 Å². The first-order valence-corrected chi connectivity index (χ1v) is 4.62. The lowest BCUT2D eigenvalue weighted by Gasteiger charge is -2.01. The molecule has 0 aliphatic rings. The number of nitrogens with zero attached hydrogens (tertiary/aromatic N) is 3. The van der Waals surface area contributed by atoms with Gasteiger partial charge in [0.15, 0.2) is 4.83 Å². The van der Waals surface area contributed by atoms with Crippen molar-refractivity contribution in [1.29, 1.82) is 0 Å². The largest absolute Gasteiger partial charge is 0.247 e. The fourth-order valence-electron chi connectivity index (χ4n) is 0.965. The van der Waals surface area contributed by atoms with Gasteiger partial charge in [-0.05, 0) is 17.5 Å². The van der Waals surface area contributed by atoms with E-state index < -0.39 is 0 Å². The third-order valence-electron chi connectivity index (χ3n) is 1.69. The molecule has 62 valence electrons. The van der Waals surface area contributed by atoms with Gasteiger partial charge in [-0.15, -0.1) is 0 Å². The van der Waals surface area contributed by atoms with Gasteiger partial charge in [-0.1, -0.05) is 13.8 Å². The van der Waals surface area contributed by atoms with E-state index in [0.717, 1.165) is 16.0 Å². The quantitative estimate of drug-likeness (QED) is 0.673. The monoisotopic (exact) mass is 179 g/mol. The molecule has 2 aromatic rings. The third kappa shape index (κ3) is 1.18. The van der Waals surface area contributed by atoms with Crippen LogP contribution in [-0.2, 0) is 0 Å². The standard InChI is InChI=1S/C8H9N3S/c1-5(2)6-3-9-8-7(11-6)4-10-12-8/h3-5H,1-2H3. The predicted octanol–water partition coefficient (Wildman–Crippen LogP) is 2.21. The van der Waals surface area contributed by atoms with E-state index in [-0.39, 0.29) is 0 Å². The maximum atomic E-state index is 4.42. The van der Waals surface area contributed by atoms with Gasteiger partial charge in [0, 0.05) is 0 Å². The number of hydrogen-bond donors (Lipinski definition) is 0. The Hall–Kier alpha value is -1.03. The Bertz CT molecular complexity index is 394. The van der Waals surface area contributed by atoms with Gasteiger partial charge in [-0.3, -0.25) is 0 Å². The normalized spacial score (nSPS) is 11.2. The Kier molecular flexibility index (Phi) is 1.77. The van der Waals surface area contributed by atoms with E-state index in [0.29, 0.717) is 5.92 Å². The molecule has 0 saturated carbocycles. The van der Waals surface area contributed by atoms with Crippen molar-refractivity contribution in [2.75, 3.05) is 0 Å². The van der Waals surface area contributed by atoms with Crippen LogP contribution < -0.4 is 0 Å². The first-order chi connectivity index (χ1) is 5.77. The van der Waals surface area contributed by atoms with E-state index in [2.05, 4.69) is 28.2 Å². The van der Waals surface area contributed by atoms with Crippen molar-refractivity contribution >= 4 is 21.9 Å². The van der Waals surface area contributed by atoms with E-state index in [9.17, 15) is 0 Å². The van der Waals surface area contributed by atoms with Crippen LogP contribution in [0.5, 0.6) is 0 Å². The summed E-state index contributed by atoms with van der Waals surface area (Å²) in [4.78, 5) is 9.59. The molecule has 0 amide bonds. The van der Waals surface area contributed by atoms with Gasteiger partial charge in [0.25, 0.3) is 0 Å². The second-order valence-electron chi connectivity index (χ2n) is 2.97. The molecule has 0 aromatic carbocycles. The lowest BCUT2D eigenvalue weighted by atomic mass is 10.1. The molecule has 0 aliphatic carbocycles. The first-order valence-electron chi connectivity index (χ1n) is 3.84. The molecule has 3 nitrogen and oxygen atoms in total. The van der Waals surface area contributed by atoms with Crippen LogP contribution >= 0.6 is 11.5 Å². The van der Waals surface area contributed by atoms with Gasteiger partial charge >= 0.3 is 0 Å². The van der Waals surface area contributed by atoms with Crippen LogP contribution in [0.15, 0.2) is 12.4 Å². The van der Waals surface area contributed by atoms with Gasteiger partial charge < -0.3 is 0 Å². The van der Waals surface area contributed by atoms with Gasteiger partial charge in [0.1, 0.15) is 5.52 Å². The molecule has 0 fully saturated rings. The molecule has 0 saturated heterocycles. The summed E-state index contributed by atoms with van der Waals surface area (Å²) in [5.74, 6) is 0.432. The summed E-state index contributed by atoms with van der Waals surface area (Å²) >= 11 is 1.38. The van der Waals surface area contributed by atoms with Crippen molar-refractivity contribution in [3.63, 3.8) is 0 Å². The summed E-state index contributed by atoms with van der Waals surface area (Å²) in [7, 11) is 0. The number of hydrogen-bond acceptors (Lipinski definition) is 4. The second kappa shape index (κ2) is 2.79. The smallest absolute Gasteiger partial charge is 0.161 e. The van der Waals surface area contributed by atoms with E-state index in [1.165, 1.54) is 11.5 Å². The van der Waals surface area contributed by atoms with E-state index >= 15 is 0 Å². The molecule has 0 spiro atoms. The Morgan fingerprint density at radius 2 is 2.17 bits per heavy atom. The summed E-state index contributed by atoms with van der Waals surface area (Å²) in [5.41, 5.74) is 1.94. The Morgan fingerprint density at radius 1 is 1.33 bits per heavy atom. The van der Waals surface area contributed by atoms with Gasteiger partial charge in [-0.2, -0.15) is 4.37 Å². The molecule has 0 unspecified atom stereocenters. The Morgan fingerprint density at radius 3 is 2.92 bits per heavy atom. The molecule has 0 N–H and O–H groups in total. The predicted molar refractivity (Wildman–Crippen MR) is 49.3 cm³/mol. The molecule has 4 heteroatoms. The highest BCUT2D eigenvalue weighted by molar-refractivity contribution is 7.12. The summed E-state index contributed by atoms with van der Waals surface area (Å²) in [6, 6.07) is 0. The minimum absolute atomic E-state index is 0.432. The minimum atomic E-state index is 0.432. The average molecular weight is 179 g/mol. The average Bonchev–Trinajstić information content (AvgIpc) is 2.49. The van der Waals surface area contributed by atoms with Crippen LogP contribution in [-0.4, -0.2) is 14.3 Å². The summed E-state index contributed by atoms with van der Waals surface area (Å²) < 4.78 is 4.02. The summed E-state index contributed by atoms with van der Waals surface area (Å²) in [5, 5.41) is 0. The van der Waals surface area contributed by atoms with Crippen LogP contribution in [0.4, 0.5) is 0 Å². The highest BCUT2D eigenvalue weighted by atomic mass is 32.1. The molecule has 0 aliphatic heterocycles. The lowest BCUT2D eigenvalue weighted by Crippen LogP contribution is -1.92. The van der Waals surface area contributed by atoms with E-state index in [1.807, 2.05) is 6.20 Å². The Labute approximate surface area is 74.6 Å². The topological polar surface area (TPSA) is 38.7 Å². The minimum Gasteiger partial charge on any atom is -0.247 e. The lowest BCUT2D eigenvalue weighted by molar-refractivity contribution is 0.822. The summed E-state index contributed by atoms with van der Waals surface area (Å²) in [6.45, 7) is 4.21. The first kappa shape index (κ1) is 7.61. The molecule has 2 heterocycles. The van der Waals surface area contributed by atoms with Crippen LogP contribution in [0.25, 0.3) is 10.3 Å². The van der Waals surface area contributed by atoms with Crippen LogP contribution in [0.2, 0.25) is 0 Å². The zero-order valence-electron chi connectivity index (χ0n) is 6.98. The van der Waals surface area contributed by atoms with Gasteiger partial charge in [0.05, 0.1) is 18.1 Å². The highest BCUT2D eigenvalue weighted by Gasteiger charge is 2.04. The zero-order chi connectivity index (χ0) is 8.55. The van der Waals surface area contributed by atoms with Crippen molar-refractivity contribution in [3.05, 3.63) is 18.1 Å². The van der Waals surface area contributed by atoms with Crippen LogP contribution in [0, 0.1) is 0 Å². The molecule has 0 radical (unpaired) electrons. The van der Waals surface area contributed by atoms with Crippen molar-refractivity contribution in [2.45, 2.75) is 19.8 Å². The maximum absolute atomic E-state index is 4.42. The fraction of sp³-hybridized carbons (Fsp3) is 0.375. The maximum Gasteiger partial charge on any atom is 0.161 e. The molecular weight excluding hydrogens is 170 g/mol. The number of rotatable bonds is 1. The fourth-order valence-corrected chi connectivity index (χ4v) is 1.51. The SMILES string of the molecule is CC(C)c1cnc2sncc2n1. The van der Waals surface area contributed by atoms with Crippen LogP contribution in [0.3, 0.4) is 0 Å². The molecule has 12 heavy (non-hydrogen) atoms. The Balaban J connectivity index is 2.60. The van der Waals surface area contributed by atoms with E-state index in [1.54, 1.807) is 6.20 Å². The highest BCUT2D eigenvalue weighted by Crippen LogP contribution is 2.16. The number of fused-ring (bicyclic) bond motifs is 1. The van der Waals surface area contributed by atoms with Crippen molar-refractivity contribution < 1.29 is 0 Å². The number of aromatic nitrogens is 3. The van der Waals surface area contributed by atoms with Crippen molar-refractivity contribution in [2.24, 2.45) is 0 Å². The third-order valence-corrected chi connectivity index (χ3v) is 2.39. The van der Waals surface area contributed by atoms with E-state index in [4.69, 9.17) is 0 Å². The molecule has 0 atom stereocenters. The summed E-state index contributed by atoms with van der Waals surface area (Å²) in [6.07, 6.45) is 3.59. The van der Waals surface area contributed by atoms with Crippen molar-refractivity contribution in [1.82, 2.24) is 14.3 Å². The zero-order valence-corrected chi connectivity index (χ0v) is 7.80.